The molecule has 1 unspecified atom stereocenters. The number of aliphatic carboxylic acids is 1. The largest absolute Gasteiger partial charge is 0.480 e. The number of aromatic nitrogens is 1. The smallest absolute Gasteiger partial charge is 0.408 e. The summed E-state index contributed by atoms with van der Waals surface area (Å²) in [5, 5.41) is 15.6. The Balaban J connectivity index is 1.18. The molecule has 194 valence electrons. The van der Waals surface area contributed by atoms with Gasteiger partial charge in [-0.2, -0.15) is 0 Å². The number of carbonyl (C=O) groups is 2. The minimum atomic E-state index is -1.03. The number of anilines is 1. The summed E-state index contributed by atoms with van der Waals surface area (Å²) in [5.74, 6) is -0.00132. The van der Waals surface area contributed by atoms with Crippen LogP contribution in [-0.4, -0.2) is 79.1 Å². The molecule has 2 fully saturated rings. The molecule has 1 atom stereocenters. The number of nitrogens with one attached hydrogen (secondary N) is 2. The van der Waals surface area contributed by atoms with Crippen molar-refractivity contribution in [2.24, 2.45) is 5.41 Å². The van der Waals surface area contributed by atoms with Crippen LogP contribution >= 0.6 is 0 Å². The van der Waals surface area contributed by atoms with E-state index in [1.165, 1.54) is 18.4 Å². The van der Waals surface area contributed by atoms with Crippen molar-refractivity contribution in [2.75, 3.05) is 45.2 Å². The number of alkyl carbamates (subject to hydrolysis) is 1. The normalized spacial score (nSPS) is 18.9. The molecule has 3 N–H and O–H groups in total. The molecule has 0 saturated heterocycles. The van der Waals surface area contributed by atoms with Gasteiger partial charge in [-0.15, -0.1) is 0 Å². The van der Waals surface area contributed by atoms with E-state index in [0.717, 1.165) is 76.1 Å². The van der Waals surface area contributed by atoms with Crippen LogP contribution in [-0.2, 0) is 27.1 Å². The first kappa shape index (κ1) is 25.7. The molecule has 0 aromatic carbocycles. The van der Waals surface area contributed by atoms with Crippen LogP contribution in [0.5, 0.6) is 0 Å². The molecule has 2 saturated carbocycles. The van der Waals surface area contributed by atoms with Crippen molar-refractivity contribution in [3.8, 4) is 0 Å². The maximum absolute atomic E-state index is 12.2. The highest BCUT2D eigenvalue weighted by molar-refractivity contribution is 5.79. The van der Waals surface area contributed by atoms with Crippen molar-refractivity contribution >= 4 is 17.9 Å². The second-order valence-electron chi connectivity index (χ2n) is 10.4. The molecule has 4 rings (SSSR count). The number of ether oxygens (including phenoxy) is 2. The fraction of sp³-hybridized carbons (Fsp3) is 0.731. The highest BCUT2D eigenvalue weighted by atomic mass is 16.6. The Hall–Kier alpha value is -2.39. The first-order chi connectivity index (χ1) is 17.0. The number of carbonyl (C=O) groups excluding carboxylic acids is 1. The maximum atomic E-state index is 12.2. The van der Waals surface area contributed by atoms with E-state index in [1.54, 1.807) is 7.11 Å². The molecular formula is C26H40N4O5. The molecule has 9 nitrogen and oxygen atoms in total. The molecule has 35 heavy (non-hydrogen) atoms. The zero-order valence-corrected chi connectivity index (χ0v) is 20.9. The number of unbranched alkanes of at least 4 members (excludes halogenated alkanes) is 1. The number of carboxylic acids is 1. The third kappa shape index (κ3) is 7.54. The van der Waals surface area contributed by atoms with Crippen molar-refractivity contribution in [1.29, 1.82) is 0 Å². The van der Waals surface area contributed by atoms with E-state index in [0.29, 0.717) is 25.0 Å². The summed E-state index contributed by atoms with van der Waals surface area (Å²) in [5.41, 5.74) is 2.84. The topological polar surface area (TPSA) is 113 Å². The van der Waals surface area contributed by atoms with Gasteiger partial charge in [0.25, 0.3) is 0 Å². The van der Waals surface area contributed by atoms with Crippen LogP contribution in [0, 0.1) is 5.41 Å². The van der Waals surface area contributed by atoms with Crippen molar-refractivity contribution in [3.05, 3.63) is 23.4 Å². The Morgan fingerprint density at radius 3 is 2.83 bits per heavy atom. The summed E-state index contributed by atoms with van der Waals surface area (Å²) in [6.07, 6.45) is 9.08. The Kier molecular flexibility index (Phi) is 8.83. The number of nitrogens with zero attached hydrogens (tertiary/aromatic N) is 2. The third-order valence-electron chi connectivity index (χ3n) is 7.60. The molecule has 9 heteroatoms. The number of rotatable bonds is 14. The van der Waals surface area contributed by atoms with Gasteiger partial charge >= 0.3 is 12.1 Å². The summed E-state index contributed by atoms with van der Waals surface area (Å²) in [6, 6.07) is 3.35. The molecule has 0 radical (unpaired) electrons. The summed E-state index contributed by atoms with van der Waals surface area (Å²) in [7, 11) is 1.66. The van der Waals surface area contributed by atoms with Crippen LogP contribution < -0.4 is 10.6 Å². The van der Waals surface area contributed by atoms with E-state index < -0.39 is 18.1 Å². The molecule has 2 heterocycles. The molecule has 1 aromatic rings. The fourth-order valence-electron chi connectivity index (χ4n) is 5.18. The van der Waals surface area contributed by atoms with Gasteiger partial charge in [-0.05, 0) is 87.8 Å². The number of fused-ring (bicyclic) bond motifs is 1. The molecular weight excluding hydrogens is 448 g/mol. The number of carboxylic acid groups (broad SMARTS) is 1. The molecule has 1 spiro atoms. The molecule has 1 aliphatic heterocycles. The first-order valence-electron chi connectivity index (χ1n) is 13.1. The van der Waals surface area contributed by atoms with Crippen LogP contribution in [0.1, 0.15) is 62.6 Å². The lowest BCUT2D eigenvalue weighted by molar-refractivity contribution is -0.139. The second kappa shape index (κ2) is 12.0. The Morgan fingerprint density at radius 2 is 2.09 bits per heavy atom. The molecule has 3 aliphatic rings. The minimum absolute atomic E-state index is 0.0643. The lowest BCUT2D eigenvalue weighted by atomic mass is 9.79. The van der Waals surface area contributed by atoms with Crippen molar-refractivity contribution in [2.45, 2.75) is 76.4 Å². The Morgan fingerprint density at radius 1 is 1.26 bits per heavy atom. The fourth-order valence-corrected chi connectivity index (χ4v) is 5.18. The Labute approximate surface area is 208 Å². The number of hydrogen-bond donors (Lipinski definition) is 3. The average molecular weight is 489 g/mol. The number of hydrogen-bond acceptors (Lipinski definition) is 7. The lowest BCUT2D eigenvalue weighted by Crippen LogP contribution is -2.46. The first-order valence-corrected chi connectivity index (χ1v) is 13.1. The van der Waals surface area contributed by atoms with Gasteiger partial charge < -0.3 is 30.1 Å². The number of methoxy groups -OCH3 is 1. The van der Waals surface area contributed by atoms with E-state index >= 15 is 0 Å². The highest BCUT2D eigenvalue weighted by Gasteiger charge is 2.54. The van der Waals surface area contributed by atoms with Gasteiger partial charge in [0.05, 0.1) is 6.61 Å². The van der Waals surface area contributed by atoms with Gasteiger partial charge in [0.1, 0.15) is 18.0 Å². The minimum Gasteiger partial charge on any atom is -0.480 e. The van der Waals surface area contributed by atoms with E-state index in [9.17, 15) is 14.7 Å². The van der Waals surface area contributed by atoms with Crippen LogP contribution in [0.25, 0.3) is 0 Å². The number of amides is 1. The van der Waals surface area contributed by atoms with Gasteiger partial charge in [-0.1, -0.05) is 6.07 Å². The standard InChI is InChI=1S/C26H40N4O5/c1-34-16-15-30(13-3-2-6-20-8-7-19-5-4-12-27-23(19)28-20)14-9-22(24(31)32)29-25(33)35-21-17-26(18-21)10-11-26/h7-8,21-22H,2-6,9-18H2,1H3,(H,27,28)(H,29,33)(H,31,32). The second-order valence-corrected chi connectivity index (χ2v) is 10.4. The lowest BCUT2D eigenvalue weighted by Gasteiger charge is -2.35. The molecule has 2 aliphatic carbocycles. The Bertz CT molecular complexity index is 867. The average Bonchev–Trinajstić information content (AvgIpc) is 3.62. The molecule has 0 bridgehead atoms. The van der Waals surface area contributed by atoms with E-state index in [1.807, 2.05) is 0 Å². The van der Waals surface area contributed by atoms with Crippen LogP contribution in [0.3, 0.4) is 0 Å². The summed E-state index contributed by atoms with van der Waals surface area (Å²) >= 11 is 0. The number of aryl methyl sites for hydroxylation is 2. The van der Waals surface area contributed by atoms with E-state index in [2.05, 4.69) is 27.7 Å². The van der Waals surface area contributed by atoms with Gasteiger partial charge in [0.2, 0.25) is 0 Å². The monoisotopic (exact) mass is 488 g/mol. The maximum Gasteiger partial charge on any atom is 0.408 e. The van der Waals surface area contributed by atoms with E-state index in [-0.39, 0.29) is 6.10 Å². The zero-order chi connectivity index (χ0) is 24.7. The van der Waals surface area contributed by atoms with Crippen LogP contribution in [0.2, 0.25) is 0 Å². The highest BCUT2D eigenvalue weighted by Crippen LogP contribution is 2.61. The number of pyridine rings is 1. The van der Waals surface area contributed by atoms with Crippen LogP contribution in [0.4, 0.5) is 10.6 Å². The SMILES string of the molecule is COCCN(CCCCc1ccc2c(n1)NCCC2)CCC(NC(=O)OC1CC2(CC2)C1)C(=O)O. The van der Waals surface area contributed by atoms with Gasteiger partial charge in [-0.3, -0.25) is 0 Å². The van der Waals surface area contributed by atoms with Crippen LogP contribution in [0.15, 0.2) is 12.1 Å². The van der Waals surface area contributed by atoms with Gasteiger partial charge in [0.15, 0.2) is 0 Å². The predicted molar refractivity (Wildman–Crippen MR) is 133 cm³/mol. The van der Waals surface area contributed by atoms with Crippen molar-refractivity contribution in [1.82, 2.24) is 15.2 Å². The third-order valence-corrected chi connectivity index (χ3v) is 7.60. The van der Waals surface area contributed by atoms with Crippen molar-refractivity contribution in [3.63, 3.8) is 0 Å². The van der Waals surface area contributed by atoms with Crippen molar-refractivity contribution < 1.29 is 24.2 Å². The molecule has 1 amide bonds. The quantitative estimate of drug-likeness (QED) is 0.342. The van der Waals surface area contributed by atoms with Gasteiger partial charge in [0, 0.05) is 32.4 Å². The molecule has 1 aromatic heterocycles. The summed E-state index contributed by atoms with van der Waals surface area (Å²) in [4.78, 5) is 30.9. The predicted octanol–water partition coefficient (Wildman–Crippen LogP) is 3.22. The summed E-state index contributed by atoms with van der Waals surface area (Å²) in [6.45, 7) is 3.69. The summed E-state index contributed by atoms with van der Waals surface area (Å²) < 4.78 is 10.7. The van der Waals surface area contributed by atoms with E-state index in [4.69, 9.17) is 14.5 Å². The van der Waals surface area contributed by atoms with Gasteiger partial charge in [-0.25, -0.2) is 14.6 Å². The zero-order valence-electron chi connectivity index (χ0n) is 20.9.